The third-order valence-electron chi connectivity index (χ3n) is 1.68. The van der Waals surface area contributed by atoms with Crippen LogP contribution in [0.3, 0.4) is 0 Å². The molecule has 1 rings (SSSR count). The molecule has 1 amide bonds. The minimum atomic E-state index is -0.136. The van der Waals surface area contributed by atoms with Crippen LogP contribution in [0.1, 0.15) is 10.6 Å². The van der Waals surface area contributed by atoms with E-state index < -0.39 is 0 Å². The van der Waals surface area contributed by atoms with Crippen LogP contribution in [-0.4, -0.2) is 35.6 Å². The first-order chi connectivity index (χ1) is 6.25. The summed E-state index contributed by atoms with van der Waals surface area (Å²) < 4.78 is 1.69. The third kappa shape index (κ3) is 2.55. The van der Waals surface area contributed by atoms with Crippen molar-refractivity contribution in [3.05, 3.63) is 18.2 Å². The molecule has 0 saturated carbocycles. The zero-order chi connectivity index (χ0) is 9.68. The van der Waals surface area contributed by atoms with Crippen molar-refractivity contribution >= 4 is 5.91 Å². The first-order valence-electron chi connectivity index (χ1n) is 4.16. The number of aryl methyl sites for hydroxylation is 1. The molecule has 0 fully saturated rings. The van der Waals surface area contributed by atoms with Gasteiger partial charge in [0.1, 0.15) is 0 Å². The number of nitrogens with zero attached hydrogens (tertiary/aromatic N) is 2. The molecule has 1 aromatic heterocycles. The van der Waals surface area contributed by atoms with E-state index in [1.807, 2.05) is 7.05 Å². The van der Waals surface area contributed by atoms with Crippen molar-refractivity contribution in [2.75, 3.05) is 20.1 Å². The second-order valence-corrected chi connectivity index (χ2v) is 2.72. The van der Waals surface area contributed by atoms with Gasteiger partial charge in [0.05, 0.1) is 0 Å². The van der Waals surface area contributed by atoms with Gasteiger partial charge in [-0.25, -0.2) is 4.98 Å². The Kier molecular flexibility index (Phi) is 3.45. The van der Waals surface area contributed by atoms with Gasteiger partial charge in [0, 0.05) is 32.5 Å². The Labute approximate surface area is 77.2 Å². The predicted molar refractivity (Wildman–Crippen MR) is 49.5 cm³/mol. The number of hydrogen-bond donors (Lipinski definition) is 2. The maximum Gasteiger partial charge on any atom is 0.287 e. The molecule has 0 radical (unpaired) electrons. The summed E-state index contributed by atoms with van der Waals surface area (Å²) in [5.41, 5.74) is 0. The maximum absolute atomic E-state index is 11.4. The average Bonchev–Trinajstić information content (AvgIpc) is 2.52. The zero-order valence-electron chi connectivity index (χ0n) is 7.87. The van der Waals surface area contributed by atoms with Crippen LogP contribution in [0.2, 0.25) is 0 Å². The summed E-state index contributed by atoms with van der Waals surface area (Å²) in [5, 5.41) is 5.68. The van der Waals surface area contributed by atoms with E-state index in [0.29, 0.717) is 12.4 Å². The van der Waals surface area contributed by atoms with Crippen LogP contribution in [-0.2, 0) is 7.05 Å². The highest BCUT2D eigenvalue weighted by Crippen LogP contribution is 1.92. The maximum atomic E-state index is 11.4. The topological polar surface area (TPSA) is 58.9 Å². The quantitative estimate of drug-likeness (QED) is 0.609. The SMILES string of the molecule is CNCCNC(=O)c1nccn1C. The van der Waals surface area contributed by atoms with E-state index >= 15 is 0 Å². The molecular formula is C8H14N4O. The Balaban J connectivity index is 2.45. The molecule has 0 bridgehead atoms. The van der Waals surface area contributed by atoms with Gasteiger partial charge in [-0.3, -0.25) is 4.79 Å². The van der Waals surface area contributed by atoms with Crippen LogP contribution in [0.15, 0.2) is 12.4 Å². The van der Waals surface area contributed by atoms with Gasteiger partial charge in [0.2, 0.25) is 0 Å². The second kappa shape index (κ2) is 4.61. The number of aromatic nitrogens is 2. The number of likely N-dealkylation sites (N-methyl/N-ethyl adjacent to an activating group) is 1. The van der Waals surface area contributed by atoms with Gasteiger partial charge >= 0.3 is 0 Å². The molecule has 13 heavy (non-hydrogen) atoms. The van der Waals surface area contributed by atoms with E-state index in [1.54, 1.807) is 24.0 Å². The molecule has 0 unspecified atom stereocenters. The first kappa shape index (κ1) is 9.73. The minimum absolute atomic E-state index is 0.136. The van der Waals surface area contributed by atoms with Crippen LogP contribution in [0, 0.1) is 0 Å². The second-order valence-electron chi connectivity index (χ2n) is 2.72. The highest BCUT2D eigenvalue weighted by molar-refractivity contribution is 5.90. The number of carbonyl (C=O) groups is 1. The van der Waals surface area contributed by atoms with Crippen molar-refractivity contribution in [1.82, 2.24) is 20.2 Å². The molecule has 1 heterocycles. The van der Waals surface area contributed by atoms with Gasteiger partial charge in [-0.15, -0.1) is 0 Å². The summed E-state index contributed by atoms with van der Waals surface area (Å²) in [6, 6.07) is 0. The molecule has 0 spiro atoms. The fraction of sp³-hybridized carbons (Fsp3) is 0.500. The minimum Gasteiger partial charge on any atom is -0.348 e. The molecular weight excluding hydrogens is 168 g/mol. The summed E-state index contributed by atoms with van der Waals surface area (Å²) in [6.45, 7) is 1.37. The predicted octanol–water partition coefficient (Wildman–Crippen LogP) is -0.631. The van der Waals surface area contributed by atoms with Crippen LogP contribution in [0.4, 0.5) is 0 Å². The van der Waals surface area contributed by atoms with E-state index in [2.05, 4.69) is 15.6 Å². The van der Waals surface area contributed by atoms with Gasteiger partial charge in [-0.2, -0.15) is 0 Å². The number of hydrogen-bond acceptors (Lipinski definition) is 3. The number of imidazole rings is 1. The standard InChI is InChI=1S/C8H14N4O/c1-9-3-4-11-8(13)7-10-5-6-12(7)2/h5-6,9H,3-4H2,1-2H3,(H,11,13). The van der Waals surface area contributed by atoms with Crippen molar-refractivity contribution in [2.24, 2.45) is 7.05 Å². The normalized spacial score (nSPS) is 10.0. The van der Waals surface area contributed by atoms with Crippen molar-refractivity contribution in [3.8, 4) is 0 Å². The Bertz CT molecular complexity index is 281. The van der Waals surface area contributed by atoms with Gasteiger partial charge in [0.15, 0.2) is 5.82 Å². The number of nitrogens with one attached hydrogen (secondary N) is 2. The first-order valence-corrected chi connectivity index (χ1v) is 4.16. The summed E-state index contributed by atoms with van der Waals surface area (Å²) in [5.74, 6) is 0.304. The Morgan fingerprint density at radius 3 is 2.92 bits per heavy atom. The molecule has 5 nitrogen and oxygen atoms in total. The molecule has 1 aromatic rings. The van der Waals surface area contributed by atoms with E-state index in [1.165, 1.54) is 0 Å². The van der Waals surface area contributed by atoms with E-state index in [9.17, 15) is 4.79 Å². The molecule has 72 valence electrons. The lowest BCUT2D eigenvalue weighted by Gasteiger charge is -2.03. The van der Waals surface area contributed by atoms with Gasteiger partial charge in [0.25, 0.3) is 5.91 Å². The number of rotatable bonds is 4. The largest absolute Gasteiger partial charge is 0.348 e. The summed E-state index contributed by atoms with van der Waals surface area (Å²) >= 11 is 0. The van der Waals surface area contributed by atoms with Gasteiger partial charge < -0.3 is 15.2 Å². The number of carbonyl (C=O) groups excluding carboxylic acids is 1. The van der Waals surface area contributed by atoms with Crippen LogP contribution in [0.5, 0.6) is 0 Å². The van der Waals surface area contributed by atoms with Crippen molar-refractivity contribution in [3.63, 3.8) is 0 Å². The lowest BCUT2D eigenvalue weighted by molar-refractivity contribution is 0.0940. The van der Waals surface area contributed by atoms with E-state index in [4.69, 9.17) is 0 Å². The van der Waals surface area contributed by atoms with Crippen LogP contribution < -0.4 is 10.6 Å². The molecule has 5 heteroatoms. The zero-order valence-corrected chi connectivity index (χ0v) is 7.87. The van der Waals surface area contributed by atoms with Crippen molar-refractivity contribution in [1.29, 1.82) is 0 Å². The molecule has 2 N–H and O–H groups in total. The summed E-state index contributed by atoms with van der Waals surface area (Å²) in [7, 11) is 3.63. The smallest absolute Gasteiger partial charge is 0.287 e. The molecule has 0 aromatic carbocycles. The Morgan fingerprint density at radius 1 is 1.62 bits per heavy atom. The lowest BCUT2D eigenvalue weighted by atomic mass is 10.5. The molecule has 0 aliphatic carbocycles. The Hall–Kier alpha value is -1.36. The lowest BCUT2D eigenvalue weighted by Crippen LogP contribution is -2.31. The van der Waals surface area contributed by atoms with Crippen molar-refractivity contribution < 1.29 is 4.79 Å². The van der Waals surface area contributed by atoms with E-state index in [-0.39, 0.29) is 5.91 Å². The Morgan fingerprint density at radius 2 is 2.38 bits per heavy atom. The van der Waals surface area contributed by atoms with Crippen LogP contribution in [0.25, 0.3) is 0 Å². The average molecular weight is 182 g/mol. The third-order valence-corrected chi connectivity index (χ3v) is 1.68. The van der Waals surface area contributed by atoms with Crippen LogP contribution >= 0.6 is 0 Å². The summed E-state index contributed by atoms with van der Waals surface area (Å²) in [6.07, 6.45) is 3.35. The highest BCUT2D eigenvalue weighted by atomic mass is 16.2. The highest BCUT2D eigenvalue weighted by Gasteiger charge is 2.08. The van der Waals surface area contributed by atoms with E-state index in [0.717, 1.165) is 6.54 Å². The molecule has 0 aliphatic heterocycles. The number of amides is 1. The van der Waals surface area contributed by atoms with Crippen molar-refractivity contribution in [2.45, 2.75) is 0 Å². The molecule has 0 atom stereocenters. The fourth-order valence-corrected chi connectivity index (χ4v) is 0.964. The molecule has 0 aliphatic rings. The summed E-state index contributed by atoms with van der Waals surface area (Å²) in [4.78, 5) is 15.3. The fourth-order valence-electron chi connectivity index (χ4n) is 0.964. The van der Waals surface area contributed by atoms with Gasteiger partial charge in [-0.1, -0.05) is 0 Å². The monoisotopic (exact) mass is 182 g/mol. The molecule has 0 saturated heterocycles. The van der Waals surface area contributed by atoms with Gasteiger partial charge in [-0.05, 0) is 7.05 Å².